The van der Waals surface area contributed by atoms with Crippen molar-refractivity contribution in [2.24, 2.45) is 0 Å². The second-order valence-electron chi connectivity index (χ2n) is 8.85. The molecule has 0 aliphatic heterocycles. The van der Waals surface area contributed by atoms with E-state index in [1.54, 1.807) is 0 Å². The smallest absolute Gasteiger partial charge is 0.226 e. The average molecular weight is 435 g/mol. The average Bonchev–Trinajstić information content (AvgIpc) is 3.51. The molecule has 0 saturated heterocycles. The molecule has 5 rings (SSSR count). The summed E-state index contributed by atoms with van der Waals surface area (Å²) >= 11 is 0. The van der Waals surface area contributed by atoms with Gasteiger partial charge >= 0.3 is 0 Å². The maximum atomic E-state index is 5.94. The minimum absolute atomic E-state index is 0.434. The zero-order valence-corrected chi connectivity index (χ0v) is 19.4. The predicted octanol–water partition coefficient (Wildman–Crippen LogP) is 7.58. The molecule has 0 amide bonds. The second-order valence-corrected chi connectivity index (χ2v) is 8.85. The van der Waals surface area contributed by atoms with Gasteiger partial charge in [-0.25, -0.2) is 4.98 Å². The lowest BCUT2D eigenvalue weighted by Crippen LogP contribution is -2.06. The summed E-state index contributed by atoms with van der Waals surface area (Å²) in [5.74, 6) is 1.64. The van der Waals surface area contributed by atoms with Crippen molar-refractivity contribution in [3.63, 3.8) is 0 Å². The van der Waals surface area contributed by atoms with E-state index in [0.29, 0.717) is 6.04 Å². The highest BCUT2D eigenvalue weighted by Gasteiger charge is 2.13. The van der Waals surface area contributed by atoms with E-state index in [-0.39, 0.29) is 0 Å². The van der Waals surface area contributed by atoms with Crippen LogP contribution in [0.1, 0.15) is 42.0 Å². The van der Waals surface area contributed by atoms with E-state index in [1.807, 2.05) is 37.3 Å². The fraction of sp³-hybridized carbons (Fsp3) is 0.233. The van der Waals surface area contributed by atoms with Gasteiger partial charge < -0.3 is 8.98 Å². The van der Waals surface area contributed by atoms with Crippen molar-refractivity contribution in [1.29, 1.82) is 0 Å². The first-order valence-corrected chi connectivity index (χ1v) is 11.8. The van der Waals surface area contributed by atoms with Crippen molar-refractivity contribution in [2.45, 2.75) is 45.6 Å². The van der Waals surface area contributed by atoms with Crippen molar-refractivity contribution < 1.29 is 4.42 Å². The Morgan fingerprint density at radius 2 is 1.48 bits per heavy atom. The molecule has 0 fully saturated rings. The van der Waals surface area contributed by atoms with Gasteiger partial charge in [0.2, 0.25) is 5.89 Å². The van der Waals surface area contributed by atoms with Crippen LogP contribution in [-0.4, -0.2) is 9.55 Å². The number of aromatic nitrogens is 2. The largest absolute Gasteiger partial charge is 0.441 e. The summed E-state index contributed by atoms with van der Waals surface area (Å²) in [6.07, 6.45) is 8.32. The van der Waals surface area contributed by atoms with E-state index >= 15 is 0 Å². The van der Waals surface area contributed by atoms with Crippen LogP contribution in [0.3, 0.4) is 0 Å². The summed E-state index contributed by atoms with van der Waals surface area (Å²) < 4.78 is 8.23. The normalized spacial score (nSPS) is 12.3. The fourth-order valence-corrected chi connectivity index (χ4v) is 4.71. The summed E-state index contributed by atoms with van der Waals surface area (Å²) in [4.78, 5) is 4.78. The van der Waals surface area contributed by atoms with Crippen molar-refractivity contribution >= 4 is 10.8 Å². The molecule has 166 valence electrons. The van der Waals surface area contributed by atoms with E-state index in [1.165, 1.54) is 21.9 Å². The third-order valence-corrected chi connectivity index (χ3v) is 6.53. The first kappa shape index (κ1) is 21.3. The van der Waals surface area contributed by atoms with E-state index in [4.69, 9.17) is 9.40 Å². The van der Waals surface area contributed by atoms with E-state index in [2.05, 4.69) is 72.4 Å². The molecule has 3 nitrogen and oxygen atoms in total. The van der Waals surface area contributed by atoms with Gasteiger partial charge in [-0.05, 0) is 85.7 Å². The molecule has 3 heteroatoms. The van der Waals surface area contributed by atoms with E-state index in [9.17, 15) is 0 Å². The number of aryl methyl sites for hydroxylation is 3. The summed E-state index contributed by atoms with van der Waals surface area (Å²) in [6, 6.07) is 28.2. The van der Waals surface area contributed by atoms with Gasteiger partial charge in [0.1, 0.15) is 5.76 Å². The van der Waals surface area contributed by atoms with Crippen LogP contribution < -0.4 is 0 Å². The summed E-state index contributed by atoms with van der Waals surface area (Å²) in [5.41, 5.74) is 4.92. The highest BCUT2D eigenvalue weighted by Crippen LogP contribution is 2.27. The Labute approximate surface area is 195 Å². The Bertz CT molecular complexity index is 1330. The zero-order valence-electron chi connectivity index (χ0n) is 19.4. The molecule has 0 N–H and O–H groups in total. The van der Waals surface area contributed by atoms with Gasteiger partial charge in [-0.3, -0.25) is 0 Å². The molecule has 1 unspecified atom stereocenters. The van der Waals surface area contributed by atoms with Gasteiger partial charge in [-0.15, -0.1) is 0 Å². The zero-order chi connectivity index (χ0) is 22.6. The minimum Gasteiger partial charge on any atom is -0.441 e. The van der Waals surface area contributed by atoms with Gasteiger partial charge in [0.15, 0.2) is 0 Å². The van der Waals surface area contributed by atoms with E-state index in [0.717, 1.165) is 48.6 Å². The van der Waals surface area contributed by atoms with Crippen LogP contribution in [0.25, 0.3) is 22.2 Å². The maximum absolute atomic E-state index is 5.94. The molecule has 0 bridgehead atoms. The fourth-order valence-electron chi connectivity index (χ4n) is 4.71. The number of hydrogen-bond acceptors (Lipinski definition) is 2. The molecule has 3 aromatic carbocycles. The number of rotatable bonds is 8. The Kier molecular flexibility index (Phi) is 6.12. The van der Waals surface area contributed by atoms with Crippen LogP contribution in [0, 0.1) is 6.92 Å². The van der Waals surface area contributed by atoms with Crippen LogP contribution in [0.5, 0.6) is 0 Å². The lowest BCUT2D eigenvalue weighted by Gasteiger charge is -2.16. The van der Waals surface area contributed by atoms with Gasteiger partial charge in [0.25, 0.3) is 0 Å². The van der Waals surface area contributed by atoms with Crippen LogP contribution in [0.4, 0.5) is 0 Å². The molecule has 2 heterocycles. The van der Waals surface area contributed by atoms with Crippen LogP contribution in [-0.2, 0) is 19.3 Å². The predicted molar refractivity (Wildman–Crippen MR) is 135 cm³/mol. The van der Waals surface area contributed by atoms with Crippen molar-refractivity contribution in [3.05, 3.63) is 114 Å². The summed E-state index contributed by atoms with van der Waals surface area (Å²) in [6.45, 7) is 4.30. The molecule has 0 aliphatic rings. The number of benzene rings is 3. The first-order valence-electron chi connectivity index (χ1n) is 11.8. The molecule has 0 aliphatic carbocycles. The molecule has 1 atom stereocenters. The Hall–Kier alpha value is -3.59. The lowest BCUT2D eigenvalue weighted by molar-refractivity contribution is 0.538. The van der Waals surface area contributed by atoms with Crippen molar-refractivity contribution in [3.8, 4) is 11.5 Å². The molecule has 0 radical (unpaired) electrons. The molecule has 2 aromatic heterocycles. The number of oxazole rings is 1. The lowest BCUT2D eigenvalue weighted by atomic mass is 9.94. The molecule has 0 spiro atoms. The number of hydrogen-bond donors (Lipinski definition) is 0. The van der Waals surface area contributed by atoms with Crippen molar-refractivity contribution in [1.82, 2.24) is 9.55 Å². The molecule has 33 heavy (non-hydrogen) atoms. The summed E-state index contributed by atoms with van der Waals surface area (Å²) in [7, 11) is 0. The minimum atomic E-state index is 0.434. The van der Waals surface area contributed by atoms with Crippen molar-refractivity contribution in [2.75, 3.05) is 0 Å². The topological polar surface area (TPSA) is 31.0 Å². The first-order chi connectivity index (χ1) is 16.2. The Morgan fingerprint density at radius 3 is 2.24 bits per heavy atom. The standard InChI is InChI=1S/C30H30N2O/c1-22(32-19-6-7-20-32)21-26-15-9-16-27-24(13-8-17-28(26)27)14-10-18-29-23(2)33-30(31-29)25-11-4-3-5-12-25/h3-9,11-13,15-17,19-20,22H,10,14,18,21H2,1-2H3. The molecular weight excluding hydrogens is 404 g/mol. The van der Waals surface area contributed by atoms with Crippen LogP contribution in [0.2, 0.25) is 0 Å². The number of fused-ring (bicyclic) bond motifs is 1. The summed E-state index contributed by atoms with van der Waals surface area (Å²) in [5, 5.41) is 2.74. The quantitative estimate of drug-likeness (QED) is 0.252. The molecular formula is C30H30N2O. The van der Waals surface area contributed by atoms with Gasteiger partial charge in [0, 0.05) is 24.0 Å². The highest BCUT2D eigenvalue weighted by atomic mass is 16.4. The van der Waals surface area contributed by atoms with Crippen LogP contribution >= 0.6 is 0 Å². The van der Waals surface area contributed by atoms with Crippen LogP contribution in [0.15, 0.2) is 95.7 Å². The van der Waals surface area contributed by atoms with Gasteiger partial charge in [-0.1, -0.05) is 54.6 Å². The monoisotopic (exact) mass is 434 g/mol. The molecule has 0 saturated carbocycles. The second kappa shape index (κ2) is 9.50. The van der Waals surface area contributed by atoms with Gasteiger partial charge in [-0.2, -0.15) is 0 Å². The number of nitrogens with zero attached hydrogens (tertiary/aromatic N) is 2. The Morgan fingerprint density at radius 1 is 0.788 bits per heavy atom. The Balaban J connectivity index is 1.30. The third-order valence-electron chi connectivity index (χ3n) is 6.53. The van der Waals surface area contributed by atoms with E-state index < -0.39 is 0 Å². The SMILES string of the molecule is Cc1oc(-c2ccccc2)nc1CCCc1cccc2c(CC(C)n3cccc3)cccc12. The third kappa shape index (κ3) is 4.63. The van der Waals surface area contributed by atoms with Gasteiger partial charge in [0.05, 0.1) is 5.69 Å². The molecule has 5 aromatic rings. The maximum Gasteiger partial charge on any atom is 0.226 e. The highest BCUT2D eigenvalue weighted by molar-refractivity contribution is 5.88.